The van der Waals surface area contributed by atoms with Crippen molar-refractivity contribution < 1.29 is 9.53 Å². The fourth-order valence-electron chi connectivity index (χ4n) is 3.15. The summed E-state index contributed by atoms with van der Waals surface area (Å²) in [6, 6.07) is 7.55. The Hall–Kier alpha value is -1.43. The minimum absolute atomic E-state index is 0.0328. The van der Waals surface area contributed by atoms with E-state index >= 15 is 0 Å². The number of amides is 1. The molecule has 3 N–H and O–H groups in total. The van der Waals surface area contributed by atoms with E-state index in [0.29, 0.717) is 18.8 Å². The van der Waals surface area contributed by atoms with Crippen molar-refractivity contribution in [1.82, 2.24) is 4.90 Å². The molecule has 2 aliphatic heterocycles. The van der Waals surface area contributed by atoms with Gasteiger partial charge in [0.2, 0.25) is 5.91 Å². The third-order valence-corrected chi connectivity index (χ3v) is 4.43. The minimum atomic E-state index is -0.140. The summed E-state index contributed by atoms with van der Waals surface area (Å²) < 4.78 is 5.82. The first-order chi connectivity index (χ1) is 10.2. The Balaban J connectivity index is 1.61. The number of carbonyl (C=O) groups excluding carboxylic acids is 1. The molecule has 3 rings (SSSR count). The number of nitrogens with zero attached hydrogens (tertiary/aromatic N) is 1. The number of morpholine rings is 1. The molecular weight excluding hydrogens is 266 g/mol. The van der Waals surface area contributed by atoms with Crippen molar-refractivity contribution in [1.29, 1.82) is 0 Å². The molecule has 5 nitrogen and oxygen atoms in total. The molecule has 1 amide bonds. The summed E-state index contributed by atoms with van der Waals surface area (Å²) in [5.74, 6) is 0.0328. The monoisotopic (exact) mass is 289 g/mol. The highest BCUT2D eigenvalue weighted by molar-refractivity contribution is 5.94. The van der Waals surface area contributed by atoms with Gasteiger partial charge in [-0.15, -0.1) is 0 Å². The summed E-state index contributed by atoms with van der Waals surface area (Å²) in [5.41, 5.74) is 7.46. The number of anilines is 1. The molecule has 1 aromatic carbocycles. The van der Waals surface area contributed by atoms with E-state index in [1.165, 1.54) is 0 Å². The van der Waals surface area contributed by atoms with Crippen LogP contribution in [0, 0.1) is 0 Å². The Morgan fingerprint density at radius 2 is 2.14 bits per heavy atom. The van der Waals surface area contributed by atoms with E-state index in [0.717, 1.165) is 37.2 Å². The molecule has 2 bridgehead atoms. The van der Waals surface area contributed by atoms with E-state index in [1.54, 1.807) is 0 Å². The second kappa shape index (κ2) is 6.13. The van der Waals surface area contributed by atoms with Gasteiger partial charge in [0.15, 0.2) is 0 Å². The molecule has 2 fully saturated rings. The average Bonchev–Trinajstić information content (AvgIpc) is 2.85. The largest absolute Gasteiger partial charge is 0.372 e. The SMILES string of the molecule is CC(C(=O)Nc1cccc(CN)c1)N1CC2CCC(C1)O2. The van der Waals surface area contributed by atoms with Crippen molar-refractivity contribution >= 4 is 11.6 Å². The van der Waals surface area contributed by atoms with E-state index in [-0.39, 0.29) is 11.9 Å². The molecule has 0 spiro atoms. The number of likely N-dealkylation sites (tertiary alicyclic amines) is 1. The summed E-state index contributed by atoms with van der Waals surface area (Å²) >= 11 is 0. The van der Waals surface area contributed by atoms with Crippen molar-refractivity contribution in [3.63, 3.8) is 0 Å². The van der Waals surface area contributed by atoms with E-state index in [9.17, 15) is 4.79 Å². The van der Waals surface area contributed by atoms with Gasteiger partial charge in [0.25, 0.3) is 0 Å². The van der Waals surface area contributed by atoms with E-state index in [2.05, 4.69) is 10.2 Å². The van der Waals surface area contributed by atoms with Crippen molar-refractivity contribution in [2.75, 3.05) is 18.4 Å². The number of nitrogens with one attached hydrogen (secondary N) is 1. The molecule has 21 heavy (non-hydrogen) atoms. The van der Waals surface area contributed by atoms with Crippen LogP contribution in [0.5, 0.6) is 0 Å². The molecule has 0 aromatic heterocycles. The molecule has 2 heterocycles. The molecule has 0 radical (unpaired) electrons. The Labute approximate surface area is 125 Å². The van der Waals surface area contributed by atoms with Crippen LogP contribution in [0.2, 0.25) is 0 Å². The molecule has 3 atom stereocenters. The predicted molar refractivity (Wildman–Crippen MR) is 81.9 cm³/mol. The standard InChI is InChI=1S/C16H23N3O2/c1-11(19-9-14-5-6-15(10-19)21-14)16(20)18-13-4-2-3-12(7-13)8-17/h2-4,7,11,14-15H,5-6,8-10,17H2,1H3,(H,18,20). The second-order valence-corrected chi connectivity index (χ2v) is 5.98. The van der Waals surface area contributed by atoms with Gasteiger partial charge >= 0.3 is 0 Å². The van der Waals surface area contributed by atoms with Gasteiger partial charge in [-0.25, -0.2) is 0 Å². The van der Waals surface area contributed by atoms with Gasteiger partial charge in [-0.3, -0.25) is 9.69 Å². The molecule has 1 aromatic rings. The molecule has 3 unspecified atom stereocenters. The lowest BCUT2D eigenvalue weighted by molar-refractivity contribution is -0.124. The predicted octanol–water partition coefficient (Wildman–Crippen LogP) is 1.34. The fraction of sp³-hybridized carbons (Fsp3) is 0.562. The van der Waals surface area contributed by atoms with Crippen molar-refractivity contribution in [2.24, 2.45) is 5.73 Å². The molecule has 5 heteroatoms. The first-order valence-electron chi connectivity index (χ1n) is 7.65. The molecule has 0 aliphatic carbocycles. The van der Waals surface area contributed by atoms with Gasteiger partial charge in [-0.2, -0.15) is 0 Å². The smallest absolute Gasteiger partial charge is 0.241 e. The molecular formula is C16H23N3O2. The zero-order valence-corrected chi connectivity index (χ0v) is 12.4. The van der Waals surface area contributed by atoms with Crippen LogP contribution < -0.4 is 11.1 Å². The van der Waals surface area contributed by atoms with Crippen molar-refractivity contribution in [3.05, 3.63) is 29.8 Å². The van der Waals surface area contributed by atoms with Gasteiger partial charge < -0.3 is 15.8 Å². The quantitative estimate of drug-likeness (QED) is 0.877. The molecule has 2 aliphatic rings. The van der Waals surface area contributed by atoms with E-state index < -0.39 is 0 Å². The maximum Gasteiger partial charge on any atom is 0.241 e. The third-order valence-electron chi connectivity index (χ3n) is 4.43. The minimum Gasteiger partial charge on any atom is -0.372 e. The summed E-state index contributed by atoms with van der Waals surface area (Å²) in [5, 5.41) is 2.99. The van der Waals surface area contributed by atoms with Crippen LogP contribution in [-0.4, -0.2) is 42.1 Å². The average molecular weight is 289 g/mol. The maximum absolute atomic E-state index is 12.4. The Morgan fingerprint density at radius 3 is 2.81 bits per heavy atom. The number of rotatable bonds is 4. The first kappa shape index (κ1) is 14.5. The Kier molecular flexibility index (Phi) is 4.24. The van der Waals surface area contributed by atoms with Gasteiger partial charge in [-0.05, 0) is 37.5 Å². The summed E-state index contributed by atoms with van der Waals surface area (Å²) in [7, 11) is 0. The Morgan fingerprint density at radius 1 is 1.43 bits per heavy atom. The highest BCUT2D eigenvalue weighted by Crippen LogP contribution is 2.27. The van der Waals surface area contributed by atoms with E-state index in [1.807, 2.05) is 31.2 Å². The lowest BCUT2D eigenvalue weighted by Crippen LogP contribution is -2.51. The van der Waals surface area contributed by atoms with Gasteiger partial charge in [0, 0.05) is 25.3 Å². The molecule has 2 saturated heterocycles. The summed E-state index contributed by atoms with van der Waals surface area (Å²) in [6.45, 7) is 4.15. The van der Waals surface area contributed by atoms with Gasteiger partial charge in [-0.1, -0.05) is 12.1 Å². The van der Waals surface area contributed by atoms with Crippen LogP contribution in [-0.2, 0) is 16.1 Å². The van der Waals surface area contributed by atoms with Crippen LogP contribution >= 0.6 is 0 Å². The highest BCUT2D eigenvalue weighted by atomic mass is 16.5. The lowest BCUT2D eigenvalue weighted by atomic mass is 10.1. The van der Waals surface area contributed by atoms with Crippen LogP contribution in [0.3, 0.4) is 0 Å². The molecule has 114 valence electrons. The highest BCUT2D eigenvalue weighted by Gasteiger charge is 2.37. The van der Waals surface area contributed by atoms with Crippen LogP contribution in [0.25, 0.3) is 0 Å². The zero-order valence-electron chi connectivity index (χ0n) is 12.4. The van der Waals surface area contributed by atoms with Crippen LogP contribution in [0.15, 0.2) is 24.3 Å². The number of ether oxygens (including phenoxy) is 1. The number of benzene rings is 1. The normalized spacial score (nSPS) is 26.6. The first-order valence-corrected chi connectivity index (χ1v) is 7.65. The number of nitrogens with two attached hydrogens (primary N) is 1. The Bertz CT molecular complexity index is 508. The van der Waals surface area contributed by atoms with E-state index in [4.69, 9.17) is 10.5 Å². The maximum atomic E-state index is 12.4. The van der Waals surface area contributed by atoms with Gasteiger partial charge in [0.05, 0.1) is 18.2 Å². The van der Waals surface area contributed by atoms with Crippen molar-refractivity contribution in [3.8, 4) is 0 Å². The summed E-state index contributed by atoms with van der Waals surface area (Å²) in [6.07, 6.45) is 2.85. The number of hydrogen-bond donors (Lipinski definition) is 2. The zero-order chi connectivity index (χ0) is 14.8. The fourth-order valence-corrected chi connectivity index (χ4v) is 3.15. The van der Waals surface area contributed by atoms with Gasteiger partial charge in [0.1, 0.15) is 0 Å². The topological polar surface area (TPSA) is 67.6 Å². The summed E-state index contributed by atoms with van der Waals surface area (Å²) in [4.78, 5) is 14.7. The number of hydrogen-bond acceptors (Lipinski definition) is 4. The number of fused-ring (bicyclic) bond motifs is 2. The molecule has 0 saturated carbocycles. The van der Waals surface area contributed by atoms with Crippen molar-refractivity contribution in [2.45, 2.75) is 44.6 Å². The van der Waals surface area contributed by atoms with Crippen LogP contribution in [0.1, 0.15) is 25.3 Å². The second-order valence-electron chi connectivity index (χ2n) is 5.98. The van der Waals surface area contributed by atoms with Crippen LogP contribution in [0.4, 0.5) is 5.69 Å². The third kappa shape index (κ3) is 3.26. The number of carbonyl (C=O) groups is 1. The lowest BCUT2D eigenvalue weighted by Gasteiger charge is -2.35.